The topological polar surface area (TPSA) is 104 Å². The number of H-pyrrole nitrogens is 1. The number of rotatable bonds is 4. The first-order valence-corrected chi connectivity index (χ1v) is 7.79. The van der Waals surface area contributed by atoms with Crippen LogP contribution in [0.5, 0.6) is 0 Å². The van der Waals surface area contributed by atoms with Gasteiger partial charge in [0.1, 0.15) is 11.9 Å². The van der Waals surface area contributed by atoms with Crippen LogP contribution in [0.1, 0.15) is 12.7 Å². The van der Waals surface area contributed by atoms with Gasteiger partial charge in [-0.3, -0.25) is 4.79 Å². The second-order valence-electron chi connectivity index (χ2n) is 4.43. The molecule has 0 aromatic carbocycles. The average Bonchev–Trinajstić information content (AvgIpc) is 2.86. The van der Waals surface area contributed by atoms with Gasteiger partial charge in [-0.1, -0.05) is 0 Å². The lowest BCUT2D eigenvalue weighted by molar-refractivity contribution is -0.129. The number of imidazole rings is 1. The number of likely N-dealkylation sites (N-methyl/N-ethyl adjacent to an activating group) is 1. The van der Waals surface area contributed by atoms with Crippen LogP contribution in [-0.4, -0.2) is 60.9 Å². The van der Waals surface area contributed by atoms with Crippen molar-refractivity contribution in [3.8, 4) is 0 Å². The molecule has 1 aromatic rings. The SMILES string of the molecule is CCNC(=O)C1COCCN1S(=O)(=O)c1cnc(C)[nH]1. The zero-order valence-electron chi connectivity index (χ0n) is 11.4. The number of carbonyl (C=O) groups is 1. The molecule has 1 aromatic heterocycles. The number of aromatic amines is 1. The molecule has 0 aliphatic carbocycles. The molecule has 1 unspecified atom stereocenters. The molecule has 20 heavy (non-hydrogen) atoms. The number of amides is 1. The van der Waals surface area contributed by atoms with Gasteiger partial charge in [0, 0.05) is 13.1 Å². The molecule has 8 nitrogen and oxygen atoms in total. The minimum atomic E-state index is -3.78. The van der Waals surface area contributed by atoms with Crippen molar-refractivity contribution in [2.24, 2.45) is 0 Å². The Bertz CT molecular complexity index is 583. The summed E-state index contributed by atoms with van der Waals surface area (Å²) in [5, 5.41) is 2.61. The normalized spacial score (nSPS) is 20.8. The molecule has 1 fully saturated rings. The van der Waals surface area contributed by atoms with Crippen molar-refractivity contribution in [3.05, 3.63) is 12.0 Å². The van der Waals surface area contributed by atoms with Gasteiger partial charge in [0.05, 0.1) is 19.4 Å². The van der Waals surface area contributed by atoms with Crippen LogP contribution < -0.4 is 5.32 Å². The second-order valence-corrected chi connectivity index (χ2v) is 6.29. The van der Waals surface area contributed by atoms with Crippen molar-refractivity contribution in [2.45, 2.75) is 24.9 Å². The van der Waals surface area contributed by atoms with E-state index in [1.165, 1.54) is 6.20 Å². The highest BCUT2D eigenvalue weighted by molar-refractivity contribution is 7.89. The van der Waals surface area contributed by atoms with E-state index >= 15 is 0 Å². The minimum Gasteiger partial charge on any atom is -0.378 e. The summed E-state index contributed by atoms with van der Waals surface area (Å²) in [5.41, 5.74) is 0. The Morgan fingerprint density at radius 2 is 2.40 bits per heavy atom. The molecule has 112 valence electrons. The van der Waals surface area contributed by atoms with Gasteiger partial charge in [0.2, 0.25) is 5.91 Å². The maximum absolute atomic E-state index is 12.5. The summed E-state index contributed by atoms with van der Waals surface area (Å²) < 4.78 is 31.5. The fourth-order valence-corrected chi connectivity index (χ4v) is 3.55. The fraction of sp³-hybridized carbons (Fsp3) is 0.636. The quantitative estimate of drug-likeness (QED) is 0.761. The standard InChI is InChI=1S/C11H18N4O4S/c1-3-12-11(16)9-7-19-5-4-15(9)20(17,18)10-6-13-8(2)14-10/h6,9H,3-5,7H2,1-2H3,(H,12,16)(H,13,14). The van der Waals surface area contributed by atoms with Gasteiger partial charge >= 0.3 is 0 Å². The van der Waals surface area contributed by atoms with Crippen molar-refractivity contribution in [1.82, 2.24) is 19.6 Å². The second kappa shape index (κ2) is 5.90. The number of ether oxygens (including phenoxy) is 1. The van der Waals surface area contributed by atoms with E-state index in [9.17, 15) is 13.2 Å². The predicted molar refractivity (Wildman–Crippen MR) is 70.5 cm³/mol. The molecule has 2 N–H and O–H groups in total. The smallest absolute Gasteiger partial charge is 0.261 e. The monoisotopic (exact) mass is 302 g/mol. The third kappa shape index (κ3) is 2.84. The molecule has 9 heteroatoms. The van der Waals surface area contributed by atoms with Gasteiger partial charge in [-0.2, -0.15) is 4.31 Å². The molecule has 1 aliphatic rings. The molecule has 2 rings (SSSR count). The summed E-state index contributed by atoms with van der Waals surface area (Å²) in [6, 6.07) is -0.850. The van der Waals surface area contributed by atoms with Crippen molar-refractivity contribution in [1.29, 1.82) is 0 Å². The Morgan fingerprint density at radius 3 is 3.00 bits per heavy atom. The highest BCUT2D eigenvalue weighted by atomic mass is 32.2. The molecule has 2 heterocycles. The van der Waals surface area contributed by atoms with E-state index in [0.29, 0.717) is 12.4 Å². The van der Waals surface area contributed by atoms with Crippen LogP contribution in [0.3, 0.4) is 0 Å². The lowest BCUT2D eigenvalue weighted by Gasteiger charge is -2.32. The van der Waals surface area contributed by atoms with E-state index < -0.39 is 16.1 Å². The summed E-state index contributed by atoms with van der Waals surface area (Å²) in [6.45, 7) is 4.34. The highest BCUT2D eigenvalue weighted by Gasteiger charge is 2.38. The maximum Gasteiger partial charge on any atom is 0.261 e. The van der Waals surface area contributed by atoms with Crippen LogP contribution in [-0.2, 0) is 19.6 Å². The number of morpholine rings is 1. The van der Waals surface area contributed by atoms with E-state index in [1.807, 2.05) is 0 Å². The van der Waals surface area contributed by atoms with Gasteiger partial charge in [-0.15, -0.1) is 0 Å². The van der Waals surface area contributed by atoms with Crippen LogP contribution in [0.15, 0.2) is 11.2 Å². The zero-order chi connectivity index (χ0) is 14.8. The molecule has 0 spiro atoms. The Kier molecular flexibility index (Phi) is 4.41. The minimum absolute atomic E-state index is 0.00815. The number of aryl methyl sites for hydroxylation is 1. The Morgan fingerprint density at radius 1 is 1.65 bits per heavy atom. The number of hydrogen-bond acceptors (Lipinski definition) is 5. The summed E-state index contributed by atoms with van der Waals surface area (Å²) in [7, 11) is -3.78. The molecular weight excluding hydrogens is 284 g/mol. The first-order chi connectivity index (χ1) is 9.46. The lowest BCUT2D eigenvalue weighted by atomic mass is 10.2. The van der Waals surface area contributed by atoms with E-state index in [4.69, 9.17) is 4.74 Å². The Hall–Kier alpha value is -1.45. The van der Waals surface area contributed by atoms with Gasteiger partial charge in [0.15, 0.2) is 5.03 Å². The van der Waals surface area contributed by atoms with Gasteiger partial charge in [0.25, 0.3) is 10.0 Å². The molecule has 1 amide bonds. The van der Waals surface area contributed by atoms with Crippen molar-refractivity contribution >= 4 is 15.9 Å². The summed E-state index contributed by atoms with van der Waals surface area (Å²) >= 11 is 0. The van der Waals surface area contributed by atoms with Gasteiger partial charge in [-0.25, -0.2) is 13.4 Å². The average molecular weight is 302 g/mol. The van der Waals surface area contributed by atoms with Gasteiger partial charge < -0.3 is 15.0 Å². The molecule has 1 atom stereocenters. The van der Waals surface area contributed by atoms with Crippen molar-refractivity contribution < 1.29 is 17.9 Å². The van der Waals surface area contributed by atoms with Crippen LogP contribution in [0.4, 0.5) is 0 Å². The fourth-order valence-electron chi connectivity index (χ4n) is 2.03. The van der Waals surface area contributed by atoms with Crippen LogP contribution in [0.25, 0.3) is 0 Å². The van der Waals surface area contributed by atoms with Crippen LogP contribution >= 0.6 is 0 Å². The number of nitrogens with zero attached hydrogens (tertiary/aromatic N) is 2. The number of nitrogens with one attached hydrogen (secondary N) is 2. The van der Waals surface area contributed by atoms with E-state index in [1.54, 1.807) is 13.8 Å². The van der Waals surface area contributed by atoms with Crippen LogP contribution in [0, 0.1) is 6.92 Å². The first kappa shape index (κ1) is 14.9. The summed E-state index contributed by atoms with van der Waals surface area (Å²) in [5.74, 6) is 0.151. The largest absolute Gasteiger partial charge is 0.378 e. The summed E-state index contributed by atoms with van der Waals surface area (Å²) in [4.78, 5) is 18.6. The van der Waals surface area contributed by atoms with E-state index in [2.05, 4.69) is 15.3 Å². The number of carbonyl (C=O) groups excluding carboxylic acids is 1. The lowest BCUT2D eigenvalue weighted by Crippen LogP contribution is -2.55. The number of hydrogen-bond donors (Lipinski definition) is 2. The predicted octanol–water partition coefficient (Wildman–Crippen LogP) is -0.756. The third-order valence-electron chi connectivity index (χ3n) is 3.00. The van der Waals surface area contributed by atoms with Crippen LogP contribution in [0.2, 0.25) is 0 Å². The van der Waals surface area contributed by atoms with E-state index in [-0.39, 0.29) is 30.7 Å². The van der Waals surface area contributed by atoms with Crippen molar-refractivity contribution in [2.75, 3.05) is 26.3 Å². The molecule has 0 bridgehead atoms. The molecule has 1 saturated heterocycles. The third-order valence-corrected chi connectivity index (χ3v) is 4.82. The summed E-state index contributed by atoms with van der Waals surface area (Å²) in [6.07, 6.45) is 1.26. The molecule has 0 saturated carbocycles. The first-order valence-electron chi connectivity index (χ1n) is 6.35. The zero-order valence-corrected chi connectivity index (χ0v) is 12.2. The number of sulfonamides is 1. The molecular formula is C11H18N4O4S. The van der Waals surface area contributed by atoms with Crippen molar-refractivity contribution in [3.63, 3.8) is 0 Å². The van der Waals surface area contributed by atoms with Gasteiger partial charge in [-0.05, 0) is 13.8 Å². The Balaban J connectivity index is 2.29. The maximum atomic E-state index is 12.5. The molecule has 1 aliphatic heterocycles. The highest BCUT2D eigenvalue weighted by Crippen LogP contribution is 2.19. The van der Waals surface area contributed by atoms with E-state index in [0.717, 1.165) is 4.31 Å². The number of aromatic nitrogens is 2. The molecule has 0 radical (unpaired) electrons. The Labute approximate surface area is 117 Å².